The van der Waals surface area contributed by atoms with Gasteiger partial charge in [-0.05, 0) is 32.0 Å². The van der Waals surface area contributed by atoms with Crippen LogP contribution in [0, 0.1) is 12.7 Å². The van der Waals surface area contributed by atoms with Crippen LogP contribution in [-0.2, 0) is 13.0 Å². The van der Waals surface area contributed by atoms with Crippen LogP contribution in [0.2, 0.25) is 0 Å². The predicted octanol–water partition coefficient (Wildman–Crippen LogP) is 3.49. The average Bonchev–Trinajstić information content (AvgIpc) is 2.90. The number of halogens is 1. The molecule has 2 N–H and O–H groups in total. The van der Waals surface area contributed by atoms with E-state index in [9.17, 15) is 4.39 Å². The Hall–Kier alpha value is -1.88. The summed E-state index contributed by atoms with van der Waals surface area (Å²) in [4.78, 5) is 6.87. The van der Waals surface area contributed by atoms with Crippen LogP contribution in [0.1, 0.15) is 22.2 Å². The van der Waals surface area contributed by atoms with E-state index in [1.807, 2.05) is 17.4 Å². The lowest BCUT2D eigenvalue weighted by molar-refractivity contribution is 0.600. The summed E-state index contributed by atoms with van der Waals surface area (Å²) in [5, 5.41) is 6.49. The van der Waals surface area contributed by atoms with Crippen LogP contribution in [-0.4, -0.2) is 19.0 Å². The van der Waals surface area contributed by atoms with E-state index >= 15 is 0 Å². The van der Waals surface area contributed by atoms with Gasteiger partial charge in [-0.3, -0.25) is 4.99 Å². The number of benzene rings is 1. The molecule has 2 aromatic rings. The minimum atomic E-state index is -0.201. The Morgan fingerprint density at radius 1 is 1.27 bits per heavy atom. The first kappa shape index (κ1) is 16.5. The second kappa shape index (κ2) is 7.94. The summed E-state index contributed by atoms with van der Waals surface area (Å²) in [6, 6.07) is 11.3. The van der Waals surface area contributed by atoms with Crippen molar-refractivity contribution in [2.24, 2.45) is 4.99 Å². The number of aryl methyl sites for hydroxylation is 1. The third-order valence-electron chi connectivity index (χ3n) is 3.31. The van der Waals surface area contributed by atoms with Gasteiger partial charge in [0.15, 0.2) is 5.96 Å². The van der Waals surface area contributed by atoms with Gasteiger partial charge in [-0.1, -0.05) is 18.2 Å². The summed E-state index contributed by atoms with van der Waals surface area (Å²) in [5.74, 6) is 0.483. The van der Waals surface area contributed by atoms with Gasteiger partial charge in [0.25, 0.3) is 0 Å². The number of thiophene rings is 1. The van der Waals surface area contributed by atoms with Crippen molar-refractivity contribution < 1.29 is 4.39 Å². The largest absolute Gasteiger partial charge is 0.354 e. The third kappa shape index (κ3) is 4.84. The molecule has 0 amide bonds. The minimum Gasteiger partial charge on any atom is -0.354 e. The molecule has 1 aromatic heterocycles. The molecule has 1 atom stereocenters. The second-order valence-electron chi connectivity index (χ2n) is 5.28. The monoisotopic (exact) mass is 319 g/mol. The van der Waals surface area contributed by atoms with E-state index in [4.69, 9.17) is 0 Å². The van der Waals surface area contributed by atoms with Crippen molar-refractivity contribution in [3.05, 3.63) is 57.5 Å². The quantitative estimate of drug-likeness (QED) is 0.654. The first-order chi connectivity index (χ1) is 10.6. The number of aliphatic imine (C=N–C) groups is 1. The standard InChI is InChI=1S/C17H22FN3S/c1-12(10-15-9-8-13(2)22-15)21-17(19-3)20-11-14-6-4-5-7-16(14)18/h4-9,12H,10-11H2,1-3H3,(H2,19,20,21). The van der Waals surface area contributed by atoms with E-state index in [2.05, 4.69) is 41.6 Å². The molecule has 118 valence electrons. The molecular weight excluding hydrogens is 297 g/mol. The van der Waals surface area contributed by atoms with Gasteiger partial charge in [-0.2, -0.15) is 0 Å². The molecule has 5 heteroatoms. The highest BCUT2D eigenvalue weighted by Crippen LogP contribution is 2.16. The lowest BCUT2D eigenvalue weighted by Gasteiger charge is -2.17. The number of hydrogen-bond acceptors (Lipinski definition) is 2. The summed E-state index contributed by atoms with van der Waals surface area (Å²) in [6.07, 6.45) is 0.943. The molecule has 22 heavy (non-hydrogen) atoms. The molecule has 1 unspecified atom stereocenters. The van der Waals surface area contributed by atoms with Crippen molar-refractivity contribution in [2.75, 3.05) is 7.05 Å². The molecule has 0 bridgehead atoms. The van der Waals surface area contributed by atoms with Crippen LogP contribution < -0.4 is 10.6 Å². The van der Waals surface area contributed by atoms with Gasteiger partial charge in [0, 0.05) is 41.4 Å². The number of guanidine groups is 1. The van der Waals surface area contributed by atoms with Gasteiger partial charge in [-0.25, -0.2) is 4.39 Å². The third-order valence-corrected chi connectivity index (χ3v) is 4.34. The van der Waals surface area contributed by atoms with E-state index in [-0.39, 0.29) is 11.9 Å². The van der Waals surface area contributed by atoms with Crippen molar-refractivity contribution in [1.82, 2.24) is 10.6 Å². The molecule has 0 spiro atoms. The SMILES string of the molecule is CN=C(NCc1ccccc1F)NC(C)Cc1ccc(C)s1. The van der Waals surface area contributed by atoms with Gasteiger partial charge in [0.2, 0.25) is 0 Å². The van der Waals surface area contributed by atoms with Gasteiger partial charge >= 0.3 is 0 Å². The van der Waals surface area contributed by atoms with Crippen LogP contribution >= 0.6 is 11.3 Å². The number of nitrogens with one attached hydrogen (secondary N) is 2. The molecule has 0 saturated heterocycles. The highest BCUT2D eigenvalue weighted by molar-refractivity contribution is 7.11. The highest BCUT2D eigenvalue weighted by Gasteiger charge is 2.08. The normalized spacial score (nSPS) is 13.0. The molecule has 0 aliphatic heterocycles. The van der Waals surface area contributed by atoms with Crippen molar-refractivity contribution in [2.45, 2.75) is 32.9 Å². The average molecular weight is 319 g/mol. The van der Waals surface area contributed by atoms with Crippen LogP contribution in [0.25, 0.3) is 0 Å². The molecule has 3 nitrogen and oxygen atoms in total. The number of hydrogen-bond donors (Lipinski definition) is 2. The van der Waals surface area contributed by atoms with Crippen molar-refractivity contribution >= 4 is 17.3 Å². The lowest BCUT2D eigenvalue weighted by atomic mass is 10.2. The zero-order valence-corrected chi connectivity index (χ0v) is 14.0. The summed E-state index contributed by atoms with van der Waals surface area (Å²) >= 11 is 1.81. The first-order valence-corrected chi connectivity index (χ1v) is 8.16. The zero-order chi connectivity index (χ0) is 15.9. The summed E-state index contributed by atoms with van der Waals surface area (Å²) in [7, 11) is 1.72. The Kier molecular flexibility index (Phi) is 5.95. The molecule has 0 saturated carbocycles. The number of nitrogens with zero attached hydrogens (tertiary/aromatic N) is 1. The van der Waals surface area contributed by atoms with Gasteiger partial charge in [0.05, 0.1) is 0 Å². The molecule has 2 rings (SSSR count). The molecule has 0 fully saturated rings. The maximum Gasteiger partial charge on any atom is 0.191 e. The molecule has 1 heterocycles. The van der Waals surface area contributed by atoms with Crippen LogP contribution in [0.4, 0.5) is 4.39 Å². The smallest absolute Gasteiger partial charge is 0.191 e. The fourth-order valence-corrected chi connectivity index (χ4v) is 3.22. The lowest BCUT2D eigenvalue weighted by Crippen LogP contribution is -2.42. The fourth-order valence-electron chi connectivity index (χ4n) is 2.20. The van der Waals surface area contributed by atoms with Crippen molar-refractivity contribution in [3.63, 3.8) is 0 Å². The van der Waals surface area contributed by atoms with E-state index in [1.54, 1.807) is 19.2 Å². The fraction of sp³-hybridized carbons (Fsp3) is 0.353. The van der Waals surface area contributed by atoms with E-state index < -0.39 is 0 Å². The Morgan fingerprint density at radius 2 is 2.05 bits per heavy atom. The summed E-state index contributed by atoms with van der Waals surface area (Å²) < 4.78 is 13.6. The molecule has 0 radical (unpaired) electrons. The molecule has 1 aromatic carbocycles. The van der Waals surface area contributed by atoms with Gasteiger partial charge in [0.1, 0.15) is 5.82 Å². The van der Waals surface area contributed by atoms with Crippen LogP contribution in [0.5, 0.6) is 0 Å². The van der Waals surface area contributed by atoms with E-state index in [0.717, 1.165) is 6.42 Å². The van der Waals surface area contributed by atoms with Crippen molar-refractivity contribution in [3.8, 4) is 0 Å². The highest BCUT2D eigenvalue weighted by atomic mass is 32.1. The number of rotatable bonds is 5. The Bertz CT molecular complexity index is 636. The van der Waals surface area contributed by atoms with Crippen LogP contribution in [0.15, 0.2) is 41.4 Å². The zero-order valence-electron chi connectivity index (χ0n) is 13.2. The van der Waals surface area contributed by atoms with Crippen LogP contribution in [0.3, 0.4) is 0 Å². The summed E-state index contributed by atoms with van der Waals surface area (Å²) in [5.41, 5.74) is 0.631. The molecule has 0 aliphatic rings. The predicted molar refractivity (Wildman–Crippen MR) is 92.0 cm³/mol. The van der Waals surface area contributed by atoms with Gasteiger partial charge < -0.3 is 10.6 Å². The van der Waals surface area contributed by atoms with E-state index in [1.165, 1.54) is 15.8 Å². The van der Waals surface area contributed by atoms with Gasteiger partial charge in [-0.15, -0.1) is 11.3 Å². The molecule has 0 aliphatic carbocycles. The maximum atomic E-state index is 13.6. The first-order valence-electron chi connectivity index (χ1n) is 7.34. The Balaban J connectivity index is 1.85. The molecular formula is C17H22FN3S. The maximum absolute atomic E-state index is 13.6. The summed E-state index contributed by atoms with van der Waals surface area (Å²) in [6.45, 7) is 4.64. The second-order valence-corrected chi connectivity index (χ2v) is 6.65. The Morgan fingerprint density at radius 3 is 2.68 bits per heavy atom. The van der Waals surface area contributed by atoms with Crippen molar-refractivity contribution in [1.29, 1.82) is 0 Å². The minimum absolute atomic E-state index is 0.201. The topological polar surface area (TPSA) is 36.4 Å². The van der Waals surface area contributed by atoms with E-state index in [0.29, 0.717) is 18.1 Å². The Labute approximate surface area is 135 Å².